The number of ketones is 1. The van der Waals surface area contributed by atoms with Crippen LogP contribution in [0.1, 0.15) is 38.3 Å². The third-order valence-electron chi connectivity index (χ3n) is 4.67. The van der Waals surface area contributed by atoms with Crippen molar-refractivity contribution in [1.82, 2.24) is 10.2 Å². The van der Waals surface area contributed by atoms with Crippen molar-refractivity contribution in [1.29, 1.82) is 0 Å². The summed E-state index contributed by atoms with van der Waals surface area (Å²) in [6.07, 6.45) is 0.769. The van der Waals surface area contributed by atoms with Gasteiger partial charge in [0.15, 0.2) is 5.78 Å². The van der Waals surface area contributed by atoms with Crippen LogP contribution in [-0.2, 0) is 31.9 Å². The highest BCUT2D eigenvalue weighted by molar-refractivity contribution is 6.28. The van der Waals surface area contributed by atoms with Gasteiger partial charge in [0, 0.05) is 19.5 Å². The van der Waals surface area contributed by atoms with Crippen molar-refractivity contribution in [3.05, 3.63) is 35.4 Å². The molecule has 1 heterocycles. The van der Waals surface area contributed by atoms with E-state index >= 15 is 0 Å². The van der Waals surface area contributed by atoms with Crippen molar-refractivity contribution in [2.24, 2.45) is 0 Å². The van der Waals surface area contributed by atoms with E-state index in [0.29, 0.717) is 45.6 Å². The molecule has 0 bridgehead atoms. The molecule has 0 aliphatic carbocycles. The van der Waals surface area contributed by atoms with Gasteiger partial charge in [-0.25, -0.2) is 4.79 Å². The number of rotatable bonds is 8. The van der Waals surface area contributed by atoms with E-state index in [-0.39, 0.29) is 17.6 Å². The monoisotopic (exact) mass is 438 g/mol. The fraction of sp³-hybridized carbons (Fsp3) is 0.591. The maximum atomic E-state index is 12.3. The summed E-state index contributed by atoms with van der Waals surface area (Å²) < 4.78 is 10.5. The number of hydrogen-bond acceptors (Lipinski definition) is 5. The quantitative estimate of drug-likeness (QED) is 0.631. The standard InChI is InChI=1S/C22H31ClN2O5/c1-22(2,3)30-21(28)24-18(19(26)15-23)14-17-6-4-16(5-7-17)8-9-20(27)25-10-12-29-13-11-25/h4-7,18H,8-15H2,1-3H3,(H,24,28)/t18-/m0/s1. The summed E-state index contributed by atoms with van der Waals surface area (Å²) in [6, 6.07) is 6.93. The molecule has 2 amide bonds. The molecule has 0 spiro atoms. The Morgan fingerprint density at radius 1 is 1.13 bits per heavy atom. The first-order valence-electron chi connectivity index (χ1n) is 10.2. The molecule has 30 heavy (non-hydrogen) atoms. The number of aryl methyl sites for hydroxylation is 1. The predicted molar refractivity (Wildman–Crippen MR) is 115 cm³/mol. The van der Waals surface area contributed by atoms with E-state index < -0.39 is 17.7 Å². The molecular weight excluding hydrogens is 408 g/mol. The van der Waals surface area contributed by atoms with E-state index in [0.717, 1.165) is 11.1 Å². The van der Waals surface area contributed by atoms with E-state index in [4.69, 9.17) is 21.1 Å². The maximum Gasteiger partial charge on any atom is 0.408 e. The summed E-state index contributed by atoms with van der Waals surface area (Å²) in [5, 5.41) is 2.61. The first-order valence-corrected chi connectivity index (χ1v) is 10.7. The maximum absolute atomic E-state index is 12.3. The second kappa shape index (κ2) is 11.3. The number of nitrogens with zero attached hydrogens (tertiary/aromatic N) is 1. The van der Waals surface area contributed by atoms with Gasteiger partial charge in [-0.05, 0) is 44.7 Å². The Labute approximate surface area is 183 Å². The van der Waals surface area contributed by atoms with Crippen LogP contribution in [0.25, 0.3) is 0 Å². The number of halogens is 1. The van der Waals surface area contributed by atoms with Gasteiger partial charge in [-0.1, -0.05) is 24.3 Å². The number of ether oxygens (including phenoxy) is 2. The van der Waals surface area contributed by atoms with Crippen LogP contribution in [0.3, 0.4) is 0 Å². The highest BCUT2D eigenvalue weighted by atomic mass is 35.5. The summed E-state index contributed by atoms with van der Waals surface area (Å²) in [5.41, 5.74) is 1.28. The van der Waals surface area contributed by atoms with E-state index in [1.165, 1.54) is 0 Å². The molecule has 166 valence electrons. The van der Waals surface area contributed by atoms with Crippen molar-refractivity contribution >= 4 is 29.4 Å². The van der Waals surface area contributed by atoms with Crippen LogP contribution >= 0.6 is 11.6 Å². The van der Waals surface area contributed by atoms with Crippen LogP contribution in [-0.4, -0.2) is 66.5 Å². The molecule has 1 aliphatic rings. The highest BCUT2D eigenvalue weighted by Gasteiger charge is 2.24. The number of nitrogens with one attached hydrogen (secondary N) is 1. The van der Waals surface area contributed by atoms with Gasteiger partial charge in [0.2, 0.25) is 5.91 Å². The molecule has 0 radical (unpaired) electrons. The molecule has 1 aromatic carbocycles. The van der Waals surface area contributed by atoms with Crippen molar-refractivity contribution in [2.75, 3.05) is 32.2 Å². The van der Waals surface area contributed by atoms with Crippen LogP contribution in [0.5, 0.6) is 0 Å². The lowest BCUT2D eigenvalue weighted by Gasteiger charge is -2.26. The minimum absolute atomic E-state index is 0.136. The second-order valence-electron chi connectivity index (χ2n) is 8.31. The summed E-state index contributed by atoms with van der Waals surface area (Å²) in [5.74, 6) is -0.332. The Hall–Kier alpha value is -2.12. The largest absolute Gasteiger partial charge is 0.444 e. The number of amides is 2. The molecule has 1 aromatic rings. The molecule has 7 nitrogen and oxygen atoms in total. The molecule has 1 saturated heterocycles. The van der Waals surface area contributed by atoms with E-state index in [1.54, 1.807) is 20.8 Å². The highest BCUT2D eigenvalue weighted by Crippen LogP contribution is 2.12. The summed E-state index contributed by atoms with van der Waals surface area (Å²) in [6.45, 7) is 7.77. The molecule has 0 unspecified atom stereocenters. The lowest BCUT2D eigenvalue weighted by molar-refractivity contribution is -0.135. The predicted octanol–water partition coefficient (Wildman–Crippen LogP) is 2.72. The molecule has 0 aromatic heterocycles. The fourth-order valence-electron chi connectivity index (χ4n) is 3.09. The molecule has 8 heteroatoms. The first-order chi connectivity index (χ1) is 14.2. The van der Waals surface area contributed by atoms with Gasteiger partial charge in [-0.2, -0.15) is 0 Å². The van der Waals surface area contributed by atoms with Gasteiger partial charge < -0.3 is 19.7 Å². The average molecular weight is 439 g/mol. The third-order valence-corrected chi connectivity index (χ3v) is 4.93. The van der Waals surface area contributed by atoms with Gasteiger partial charge in [0.05, 0.1) is 25.1 Å². The first kappa shape index (κ1) is 24.2. The van der Waals surface area contributed by atoms with Gasteiger partial charge >= 0.3 is 6.09 Å². The van der Waals surface area contributed by atoms with Crippen LogP contribution in [0, 0.1) is 0 Å². The normalized spacial score (nSPS) is 15.4. The number of hydrogen-bond donors (Lipinski definition) is 1. The number of carbonyl (C=O) groups is 3. The Morgan fingerprint density at radius 3 is 2.30 bits per heavy atom. The molecule has 1 N–H and O–H groups in total. The number of benzene rings is 1. The summed E-state index contributed by atoms with van der Waals surface area (Å²) in [7, 11) is 0. The Morgan fingerprint density at radius 2 is 1.73 bits per heavy atom. The third kappa shape index (κ3) is 8.32. The smallest absolute Gasteiger partial charge is 0.408 e. The minimum atomic E-state index is -0.758. The van der Waals surface area contributed by atoms with Gasteiger partial charge in [-0.3, -0.25) is 9.59 Å². The van der Waals surface area contributed by atoms with Crippen molar-refractivity contribution in [2.45, 2.75) is 51.7 Å². The van der Waals surface area contributed by atoms with Gasteiger partial charge in [-0.15, -0.1) is 11.6 Å². The molecule has 1 aliphatic heterocycles. The molecule has 2 rings (SSSR count). The second-order valence-corrected chi connectivity index (χ2v) is 8.58. The fourth-order valence-corrected chi connectivity index (χ4v) is 3.27. The zero-order valence-electron chi connectivity index (χ0n) is 17.9. The Bertz CT molecular complexity index is 724. The van der Waals surface area contributed by atoms with E-state index in [2.05, 4.69) is 5.32 Å². The SMILES string of the molecule is CC(C)(C)OC(=O)N[C@@H](Cc1ccc(CCC(=O)N2CCOCC2)cc1)C(=O)CCl. The number of alkyl halides is 1. The number of carbonyl (C=O) groups excluding carboxylic acids is 3. The van der Waals surface area contributed by atoms with Crippen LogP contribution < -0.4 is 5.32 Å². The lowest BCUT2D eigenvalue weighted by atomic mass is 10.0. The lowest BCUT2D eigenvalue weighted by Crippen LogP contribution is -2.45. The van der Waals surface area contributed by atoms with Crippen LogP contribution in [0.4, 0.5) is 4.79 Å². The topological polar surface area (TPSA) is 84.9 Å². The van der Waals surface area contributed by atoms with Crippen molar-refractivity contribution < 1.29 is 23.9 Å². The summed E-state index contributed by atoms with van der Waals surface area (Å²) in [4.78, 5) is 38.3. The van der Waals surface area contributed by atoms with Gasteiger partial charge in [0.1, 0.15) is 5.60 Å². The average Bonchev–Trinajstić information content (AvgIpc) is 2.71. The van der Waals surface area contributed by atoms with Crippen LogP contribution in [0.2, 0.25) is 0 Å². The van der Waals surface area contributed by atoms with Crippen LogP contribution in [0.15, 0.2) is 24.3 Å². The molecular formula is C22H31ClN2O5. The van der Waals surface area contributed by atoms with Gasteiger partial charge in [0.25, 0.3) is 0 Å². The zero-order chi connectivity index (χ0) is 22.1. The zero-order valence-corrected chi connectivity index (χ0v) is 18.7. The Balaban J connectivity index is 1.90. The minimum Gasteiger partial charge on any atom is -0.444 e. The molecule has 0 saturated carbocycles. The van der Waals surface area contributed by atoms with Crippen molar-refractivity contribution in [3.8, 4) is 0 Å². The molecule has 1 atom stereocenters. The van der Waals surface area contributed by atoms with Crippen molar-refractivity contribution in [3.63, 3.8) is 0 Å². The molecule has 1 fully saturated rings. The number of Topliss-reactive ketones (excluding diaryl/α,β-unsaturated/α-hetero) is 1. The summed E-state index contributed by atoms with van der Waals surface area (Å²) >= 11 is 5.70. The number of alkyl carbamates (subject to hydrolysis) is 1. The van der Waals surface area contributed by atoms with E-state index in [1.807, 2.05) is 29.2 Å². The van der Waals surface area contributed by atoms with E-state index in [9.17, 15) is 14.4 Å². The Kier molecular flexibility index (Phi) is 9.11. The number of morpholine rings is 1.